The number of amides is 1. The molecule has 1 atom stereocenters. The Morgan fingerprint density at radius 1 is 1.31 bits per heavy atom. The summed E-state index contributed by atoms with van der Waals surface area (Å²) in [6, 6.07) is 11.3. The van der Waals surface area contributed by atoms with Gasteiger partial charge < -0.3 is 24.7 Å². The fourth-order valence-corrected chi connectivity index (χ4v) is 4.18. The van der Waals surface area contributed by atoms with Crippen LogP contribution in [0.25, 0.3) is 10.9 Å². The summed E-state index contributed by atoms with van der Waals surface area (Å²) in [5.41, 5.74) is 1.12. The Hall–Kier alpha value is -2.62. The van der Waals surface area contributed by atoms with E-state index in [0.29, 0.717) is 58.8 Å². The number of hydrogen-bond acceptors (Lipinski definition) is 6. The lowest BCUT2D eigenvalue weighted by Crippen LogP contribution is -2.53. The van der Waals surface area contributed by atoms with Gasteiger partial charge in [0, 0.05) is 30.1 Å². The number of fused-ring (bicyclic) bond motifs is 1. The number of aromatic amines is 1. The number of benzene rings is 2. The molecule has 1 aromatic heterocycles. The first-order chi connectivity index (χ1) is 15.5. The Morgan fingerprint density at radius 3 is 2.94 bits per heavy atom. The molecule has 32 heavy (non-hydrogen) atoms. The summed E-state index contributed by atoms with van der Waals surface area (Å²) in [4.78, 5) is 33.2. The first kappa shape index (κ1) is 22.6. The van der Waals surface area contributed by atoms with Gasteiger partial charge in [-0.1, -0.05) is 41.9 Å². The third-order valence-corrected chi connectivity index (χ3v) is 6.44. The van der Waals surface area contributed by atoms with Gasteiger partial charge in [-0.05, 0) is 34.0 Å². The predicted molar refractivity (Wildman–Crippen MR) is 125 cm³/mol. The molecule has 1 aliphatic heterocycles. The van der Waals surface area contributed by atoms with Gasteiger partial charge in [0.1, 0.15) is 12.0 Å². The van der Waals surface area contributed by atoms with Gasteiger partial charge in [0.05, 0.1) is 23.5 Å². The molecule has 1 fully saturated rings. The molecule has 0 spiro atoms. The van der Waals surface area contributed by atoms with E-state index in [2.05, 4.69) is 31.2 Å². The molecule has 1 amide bonds. The third kappa shape index (κ3) is 5.23. The summed E-state index contributed by atoms with van der Waals surface area (Å²) in [6.45, 7) is 2.30. The molecular weight excluding hydrogens is 500 g/mol. The summed E-state index contributed by atoms with van der Waals surface area (Å²) in [6.07, 6.45) is 1.62. The van der Waals surface area contributed by atoms with Crippen molar-refractivity contribution < 1.29 is 14.3 Å². The number of piperazine rings is 1. The average Bonchev–Trinajstić information content (AvgIpc) is 2.81. The summed E-state index contributed by atoms with van der Waals surface area (Å²) in [7, 11) is 0. The van der Waals surface area contributed by atoms with E-state index in [0.717, 1.165) is 5.56 Å². The zero-order valence-corrected chi connectivity index (χ0v) is 19.5. The Bertz CT molecular complexity index is 1160. The molecule has 1 aliphatic rings. The van der Waals surface area contributed by atoms with E-state index in [-0.39, 0.29) is 24.3 Å². The normalized spacial score (nSPS) is 16.2. The summed E-state index contributed by atoms with van der Waals surface area (Å²) in [5.74, 6) is 0.292. The van der Waals surface area contributed by atoms with E-state index in [4.69, 9.17) is 21.1 Å². The molecule has 2 aromatic carbocycles. The molecule has 4 rings (SSSR count). The van der Waals surface area contributed by atoms with Crippen LogP contribution in [0.2, 0.25) is 5.02 Å². The Balaban J connectivity index is 1.34. The smallest absolute Gasteiger partial charge is 0.410 e. The van der Waals surface area contributed by atoms with Gasteiger partial charge in [-0.3, -0.25) is 4.79 Å². The molecule has 0 unspecified atom stereocenters. The van der Waals surface area contributed by atoms with Crippen molar-refractivity contribution in [2.24, 2.45) is 0 Å². The number of ether oxygens (including phenoxy) is 2. The first-order valence-electron chi connectivity index (χ1n) is 10.2. The lowest BCUT2D eigenvalue weighted by atomic mass is 10.1. The monoisotopic (exact) mass is 520 g/mol. The third-order valence-electron chi connectivity index (χ3n) is 5.21. The summed E-state index contributed by atoms with van der Waals surface area (Å²) in [5, 5.41) is 4.01. The summed E-state index contributed by atoms with van der Waals surface area (Å²) >= 11 is 9.76. The molecule has 0 radical (unpaired) electrons. The highest BCUT2D eigenvalue weighted by atomic mass is 79.9. The molecular formula is C22H22BrClN4O4. The zero-order valence-electron chi connectivity index (χ0n) is 17.1. The van der Waals surface area contributed by atoms with Crippen molar-refractivity contribution >= 4 is 44.5 Å². The van der Waals surface area contributed by atoms with Crippen LogP contribution >= 0.6 is 27.5 Å². The van der Waals surface area contributed by atoms with Crippen molar-refractivity contribution in [3.05, 3.63) is 68.1 Å². The maximum atomic E-state index is 12.5. The van der Waals surface area contributed by atoms with Crippen LogP contribution < -0.4 is 15.6 Å². The van der Waals surface area contributed by atoms with Gasteiger partial charge in [0.2, 0.25) is 0 Å². The quantitative estimate of drug-likeness (QED) is 0.513. The Labute approximate surface area is 198 Å². The molecule has 8 nitrogen and oxygen atoms in total. The van der Waals surface area contributed by atoms with E-state index in [1.54, 1.807) is 11.0 Å². The molecule has 0 bridgehead atoms. The number of carbonyl (C=O) groups excluding carboxylic acids is 1. The van der Waals surface area contributed by atoms with Gasteiger partial charge in [-0.25, -0.2) is 9.78 Å². The van der Waals surface area contributed by atoms with Crippen molar-refractivity contribution in [2.75, 3.05) is 26.2 Å². The molecule has 1 saturated heterocycles. The number of nitrogens with zero attached hydrogens (tertiary/aromatic N) is 2. The second kappa shape index (κ2) is 10.3. The van der Waals surface area contributed by atoms with Crippen LogP contribution in [0.15, 0.2) is 52.0 Å². The maximum Gasteiger partial charge on any atom is 0.410 e. The van der Waals surface area contributed by atoms with Crippen LogP contribution in [0.5, 0.6) is 5.75 Å². The number of H-pyrrole nitrogens is 1. The Kier molecular flexibility index (Phi) is 7.29. The largest absolute Gasteiger partial charge is 0.491 e. The highest BCUT2D eigenvalue weighted by Crippen LogP contribution is 2.37. The van der Waals surface area contributed by atoms with E-state index >= 15 is 0 Å². The molecule has 10 heteroatoms. The maximum absolute atomic E-state index is 12.5. The van der Waals surface area contributed by atoms with Crippen molar-refractivity contribution in [3.8, 4) is 5.75 Å². The van der Waals surface area contributed by atoms with Crippen LogP contribution in [0.1, 0.15) is 12.0 Å². The molecule has 2 heterocycles. The van der Waals surface area contributed by atoms with Gasteiger partial charge in [-0.15, -0.1) is 0 Å². The minimum atomic E-state index is -0.333. The molecule has 2 N–H and O–H groups in total. The second-order valence-electron chi connectivity index (χ2n) is 7.40. The van der Waals surface area contributed by atoms with E-state index in [9.17, 15) is 9.59 Å². The van der Waals surface area contributed by atoms with Gasteiger partial charge >= 0.3 is 6.09 Å². The van der Waals surface area contributed by atoms with Crippen molar-refractivity contribution in [1.82, 2.24) is 20.2 Å². The second-order valence-corrected chi connectivity index (χ2v) is 8.63. The Morgan fingerprint density at radius 2 is 2.12 bits per heavy atom. The van der Waals surface area contributed by atoms with Gasteiger partial charge in [-0.2, -0.15) is 0 Å². The fraction of sp³-hybridized carbons (Fsp3) is 0.318. The molecule has 3 aromatic rings. The predicted octanol–water partition coefficient (Wildman–Crippen LogP) is 3.72. The van der Waals surface area contributed by atoms with E-state index in [1.807, 2.05) is 30.3 Å². The minimum Gasteiger partial charge on any atom is -0.491 e. The lowest BCUT2D eigenvalue weighted by molar-refractivity contribution is 0.0827. The number of hydrogen-bond donors (Lipinski definition) is 2. The zero-order chi connectivity index (χ0) is 22.5. The topological polar surface area (TPSA) is 96.5 Å². The van der Waals surface area contributed by atoms with Crippen molar-refractivity contribution in [3.63, 3.8) is 0 Å². The summed E-state index contributed by atoms with van der Waals surface area (Å²) < 4.78 is 12.0. The van der Waals surface area contributed by atoms with Crippen LogP contribution in [0, 0.1) is 0 Å². The number of rotatable bonds is 6. The number of aromatic nitrogens is 2. The SMILES string of the molecule is O=C(OCc1ccccc1)N1CCN[C@H](CCOc2c(Cl)c(Br)cc3nc[nH]c(=O)c23)C1. The fourth-order valence-electron chi connectivity index (χ4n) is 3.58. The standard InChI is InChI=1S/C22H22BrClN4O4/c23-16-10-17-18(21(29)27-13-26-17)20(19(16)24)31-9-6-15-11-28(8-7-25-15)22(30)32-12-14-4-2-1-3-5-14/h1-5,10,13,15,25H,6-9,11-12H2,(H,26,27,29)/t15-/m1/s1. The number of halogens is 2. The highest BCUT2D eigenvalue weighted by molar-refractivity contribution is 9.10. The average molecular weight is 522 g/mol. The lowest BCUT2D eigenvalue weighted by Gasteiger charge is -2.33. The van der Waals surface area contributed by atoms with Crippen LogP contribution in [0.3, 0.4) is 0 Å². The molecule has 0 aliphatic carbocycles. The number of nitrogens with one attached hydrogen (secondary N) is 2. The van der Waals surface area contributed by atoms with E-state index < -0.39 is 0 Å². The highest BCUT2D eigenvalue weighted by Gasteiger charge is 2.24. The first-order valence-corrected chi connectivity index (χ1v) is 11.4. The van der Waals surface area contributed by atoms with Gasteiger partial charge in [0.15, 0.2) is 5.75 Å². The van der Waals surface area contributed by atoms with Crippen LogP contribution in [0.4, 0.5) is 4.79 Å². The van der Waals surface area contributed by atoms with Crippen LogP contribution in [-0.2, 0) is 11.3 Å². The molecule has 168 valence electrons. The van der Waals surface area contributed by atoms with E-state index in [1.165, 1.54) is 6.33 Å². The van der Waals surface area contributed by atoms with Crippen molar-refractivity contribution in [2.45, 2.75) is 19.1 Å². The van der Waals surface area contributed by atoms with Crippen molar-refractivity contribution in [1.29, 1.82) is 0 Å². The number of carbonyl (C=O) groups is 1. The van der Waals surface area contributed by atoms with Gasteiger partial charge in [0.25, 0.3) is 5.56 Å². The minimum absolute atomic E-state index is 0.0293. The molecule has 0 saturated carbocycles. The van der Waals surface area contributed by atoms with Crippen LogP contribution in [-0.4, -0.2) is 53.2 Å².